The van der Waals surface area contributed by atoms with Gasteiger partial charge in [0.1, 0.15) is 12.9 Å². The monoisotopic (exact) mass is 1010 g/mol. The highest BCUT2D eigenvalue weighted by molar-refractivity contribution is 8.00. The molecule has 1 N–H and O–H groups in total. The van der Waals surface area contributed by atoms with E-state index in [0.29, 0.717) is 37.0 Å². The Kier molecular flexibility index (Phi) is 18.3. The Hall–Kier alpha value is -5.97. The molecule has 1 amide bonds. The Morgan fingerprint density at radius 3 is 1.59 bits per heavy atom. The van der Waals surface area contributed by atoms with Crippen LogP contribution in [-0.4, -0.2) is 85.3 Å². The van der Waals surface area contributed by atoms with Crippen molar-refractivity contribution in [3.8, 4) is 0 Å². The van der Waals surface area contributed by atoms with E-state index in [2.05, 4.69) is 202 Å². The normalized spacial score (nSPS) is 18.0. The lowest BCUT2D eigenvalue weighted by atomic mass is 9.74. The van der Waals surface area contributed by atoms with Gasteiger partial charge in [0.05, 0.1) is 16.0 Å². The van der Waals surface area contributed by atoms with Crippen molar-refractivity contribution >= 4 is 35.6 Å². The van der Waals surface area contributed by atoms with Crippen LogP contribution in [-0.2, 0) is 19.1 Å². The number of nitrogens with zero attached hydrogens (tertiary/aromatic N) is 3. The van der Waals surface area contributed by atoms with Gasteiger partial charge in [0, 0.05) is 42.9 Å². The van der Waals surface area contributed by atoms with Crippen molar-refractivity contribution in [3.63, 3.8) is 0 Å². The summed E-state index contributed by atoms with van der Waals surface area (Å²) in [7, 11) is 1.59. The number of halogens is 1. The second-order valence-corrected chi connectivity index (χ2v) is 22.0. The average molecular weight is 1010 g/mol. The van der Waals surface area contributed by atoms with Gasteiger partial charge >= 0.3 is 0 Å². The molecule has 376 valence electrons. The first-order valence-corrected chi connectivity index (χ1v) is 28.1. The summed E-state index contributed by atoms with van der Waals surface area (Å²) in [6.07, 6.45) is 8.08. The summed E-state index contributed by atoms with van der Waals surface area (Å²) in [6, 6.07) is 73.1. The van der Waals surface area contributed by atoms with Crippen LogP contribution >= 0.6 is 23.5 Å². The molecule has 4 atom stereocenters. The standard InChI is InChI=1S/C64H69FN4O2S2/c1-71-67-41-20-34-59-60(50-35-37-57(65)38-36-50)48-58-39-40-61(59)69(58)44-21-43-68(45-47-73-64(54-28-14-5-15-29-54,55-30-16-6-17-31-55)56-32-18-7-19-33-56)49-62(70)66-42-46-72-63(51-22-8-2-9-23-51,52-24-10-3-11-25-52)53-26-12-4-13-27-53/h2-19,22-33,35-38,41,58-61H,20-21,34,39-40,42-49H2,1H3,(H,66,70)/t58?,59-,60+,61?/m1/s1. The third-order valence-corrected chi connectivity index (χ3v) is 18.2. The van der Waals surface area contributed by atoms with Crippen LogP contribution in [0.15, 0.2) is 211 Å². The van der Waals surface area contributed by atoms with E-state index in [4.69, 9.17) is 4.84 Å². The number of oxime groups is 1. The van der Waals surface area contributed by atoms with Crippen molar-refractivity contribution in [3.05, 3.63) is 251 Å². The minimum atomic E-state index is -0.454. The molecule has 2 heterocycles. The molecule has 2 aliphatic rings. The number of hydrogen-bond acceptors (Lipinski definition) is 7. The molecule has 9 heteroatoms. The van der Waals surface area contributed by atoms with Crippen molar-refractivity contribution in [2.75, 3.05) is 51.3 Å². The zero-order valence-electron chi connectivity index (χ0n) is 42.1. The SMILES string of the molecule is CON=CCC[C@H]1C2CCC(C[C@H]1c1ccc(F)cc1)N2CCCN(CCSC(c1ccccc1)(c1ccccc1)c1ccccc1)CC(=O)NCCSC(c1ccccc1)(c1ccccc1)c1ccccc1. The fourth-order valence-electron chi connectivity index (χ4n) is 11.9. The highest BCUT2D eigenvalue weighted by Crippen LogP contribution is 2.51. The fourth-order valence-corrected chi connectivity index (χ4v) is 14.9. The lowest BCUT2D eigenvalue weighted by Crippen LogP contribution is -2.49. The highest BCUT2D eigenvalue weighted by atomic mass is 32.2. The quantitative estimate of drug-likeness (QED) is 0.0266. The molecule has 9 rings (SSSR count). The van der Waals surface area contributed by atoms with E-state index in [1.807, 2.05) is 41.9 Å². The number of nitrogens with one attached hydrogen (secondary N) is 1. The lowest BCUT2D eigenvalue weighted by molar-refractivity contribution is -0.122. The largest absolute Gasteiger partial charge is 0.399 e. The maximum Gasteiger partial charge on any atom is 0.234 e. The molecule has 0 spiro atoms. The molecule has 0 aliphatic carbocycles. The maximum absolute atomic E-state index is 14.4. The molecular weight excluding hydrogens is 940 g/mol. The third kappa shape index (κ3) is 12.4. The van der Waals surface area contributed by atoms with Gasteiger partial charge in [-0.2, -0.15) is 0 Å². The molecule has 0 radical (unpaired) electrons. The second kappa shape index (κ2) is 25.8. The molecule has 0 saturated carbocycles. The van der Waals surface area contributed by atoms with Gasteiger partial charge in [-0.1, -0.05) is 199 Å². The molecule has 2 aliphatic heterocycles. The van der Waals surface area contributed by atoms with Crippen LogP contribution in [0, 0.1) is 11.7 Å². The second-order valence-electron chi connectivity index (χ2n) is 19.4. The van der Waals surface area contributed by atoms with Gasteiger partial charge in [-0.3, -0.25) is 14.6 Å². The minimum absolute atomic E-state index is 0.0498. The number of carbonyl (C=O) groups excluding carboxylic acids is 1. The van der Waals surface area contributed by atoms with Gasteiger partial charge in [0.25, 0.3) is 0 Å². The van der Waals surface area contributed by atoms with Gasteiger partial charge in [-0.25, -0.2) is 4.39 Å². The summed E-state index contributed by atoms with van der Waals surface area (Å²) in [4.78, 5) is 24.6. The fraction of sp³-hybridized carbons (Fsp3) is 0.312. The summed E-state index contributed by atoms with van der Waals surface area (Å²) in [5.41, 5.74) is 8.58. The van der Waals surface area contributed by atoms with Gasteiger partial charge < -0.3 is 10.2 Å². The van der Waals surface area contributed by atoms with Crippen LogP contribution in [0.1, 0.15) is 83.4 Å². The zero-order chi connectivity index (χ0) is 50.1. The first-order chi connectivity index (χ1) is 36.0. The van der Waals surface area contributed by atoms with E-state index in [-0.39, 0.29) is 11.7 Å². The van der Waals surface area contributed by atoms with Gasteiger partial charge in [0.2, 0.25) is 5.91 Å². The van der Waals surface area contributed by atoms with Gasteiger partial charge in [0.15, 0.2) is 0 Å². The Labute approximate surface area is 441 Å². The summed E-state index contributed by atoms with van der Waals surface area (Å²) in [6.45, 7) is 3.39. The zero-order valence-corrected chi connectivity index (χ0v) is 43.7. The number of carbonyl (C=O) groups is 1. The molecule has 6 nitrogen and oxygen atoms in total. The predicted molar refractivity (Wildman–Crippen MR) is 303 cm³/mol. The Balaban J connectivity index is 0.931. The Morgan fingerprint density at radius 1 is 0.658 bits per heavy atom. The maximum atomic E-state index is 14.4. The number of hydrogen-bond donors (Lipinski definition) is 1. The Bertz CT molecular complexity index is 2560. The topological polar surface area (TPSA) is 57.2 Å². The van der Waals surface area contributed by atoms with Crippen molar-refractivity contribution in [2.45, 2.75) is 66.0 Å². The molecule has 7 aromatic carbocycles. The van der Waals surface area contributed by atoms with Crippen molar-refractivity contribution in [1.29, 1.82) is 0 Å². The first-order valence-electron chi connectivity index (χ1n) is 26.2. The lowest BCUT2D eigenvalue weighted by Gasteiger charge is -2.45. The van der Waals surface area contributed by atoms with Gasteiger partial charge in [-0.15, -0.1) is 23.5 Å². The number of rotatable bonds is 25. The summed E-state index contributed by atoms with van der Waals surface area (Å²) in [5.74, 6) is 2.20. The number of thioether (sulfide) groups is 2. The molecule has 2 bridgehead atoms. The van der Waals surface area contributed by atoms with Gasteiger partial charge in [-0.05, 0) is 115 Å². The van der Waals surface area contributed by atoms with E-state index in [1.165, 1.54) is 45.4 Å². The van der Waals surface area contributed by atoms with E-state index in [0.717, 1.165) is 63.2 Å². The summed E-state index contributed by atoms with van der Waals surface area (Å²) in [5, 5.41) is 7.46. The molecule has 2 saturated heterocycles. The third-order valence-electron chi connectivity index (χ3n) is 15.1. The van der Waals surface area contributed by atoms with Crippen LogP contribution in [0.25, 0.3) is 0 Å². The van der Waals surface area contributed by atoms with Crippen molar-refractivity contribution < 1.29 is 14.0 Å². The van der Waals surface area contributed by atoms with E-state index < -0.39 is 9.49 Å². The molecule has 2 unspecified atom stereocenters. The highest BCUT2D eigenvalue weighted by Gasteiger charge is 2.47. The van der Waals surface area contributed by atoms with E-state index >= 15 is 0 Å². The Morgan fingerprint density at radius 2 is 1.12 bits per heavy atom. The number of fused-ring (bicyclic) bond motifs is 2. The van der Waals surface area contributed by atoms with Crippen LogP contribution < -0.4 is 5.32 Å². The number of piperidine rings is 1. The molecular formula is C64H69FN4O2S2. The average Bonchev–Trinajstić information content (AvgIpc) is 3.74. The van der Waals surface area contributed by atoms with Crippen LogP contribution in [0.4, 0.5) is 4.39 Å². The van der Waals surface area contributed by atoms with Crippen LogP contribution in [0.5, 0.6) is 0 Å². The number of amides is 1. The van der Waals surface area contributed by atoms with E-state index in [9.17, 15) is 9.18 Å². The number of benzene rings is 7. The minimum Gasteiger partial charge on any atom is -0.399 e. The van der Waals surface area contributed by atoms with Crippen LogP contribution in [0.3, 0.4) is 0 Å². The molecule has 7 aromatic rings. The smallest absolute Gasteiger partial charge is 0.234 e. The van der Waals surface area contributed by atoms with Crippen molar-refractivity contribution in [1.82, 2.24) is 15.1 Å². The molecule has 0 aromatic heterocycles. The molecule has 73 heavy (non-hydrogen) atoms. The van der Waals surface area contributed by atoms with E-state index in [1.54, 1.807) is 19.2 Å². The summed E-state index contributed by atoms with van der Waals surface area (Å²) < 4.78 is 13.2. The molecule has 2 fully saturated rings. The van der Waals surface area contributed by atoms with Crippen molar-refractivity contribution in [2.24, 2.45) is 11.1 Å². The summed E-state index contributed by atoms with van der Waals surface area (Å²) >= 11 is 3.83. The predicted octanol–water partition coefficient (Wildman–Crippen LogP) is 13.4. The first kappa shape index (κ1) is 51.9. The van der Waals surface area contributed by atoms with Crippen LogP contribution in [0.2, 0.25) is 0 Å².